The van der Waals surface area contributed by atoms with E-state index in [1.807, 2.05) is 13.1 Å². The average Bonchev–Trinajstić information content (AvgIpc) is 3.11. The Balaban J connectivity index is -0.0000000323. The van der Waals surface area contributed by atoms with Crippen LogP contribution in [0.25, 0.3) is 0 Å². The third-order valence-electron chi connectivity index (χ3n) is 2.68. The van der Waals surface area contributed by atoms with E-state index in [1.165, 1.54) is 0 Å². The Morgan fingerprint density at radius 3 is 1.38 bits per heavy atom. The molecule has 2 heterocycles. The van der Waals surface area contributed by atoms with Gasteiger partial charge >= 0.3 is 0 Å². The van der Waals surface area contributed by atoms with E-state index in [9.17, 15) is 0 Å². The Bertz CT molecular complexity index is 258. The van der Waals surface area contributed by atoms with Crippen molar-refractivity contribution in [1.29, 1.82) is 0 Å². The molecule has 0 spiro atoms. The second-order valence-corrected chi connectivity index (χ2v) is 13.7. The second-order valence-electron chi connectivity index (χ2n) is 5.50. The summed E-state index contributed by atoms with van der Waals surface area (Å²) in [5.41, 5.74) is 0.427. The lowest BCUT2D eigenvalue weighted by Gasteiger charge is -2.18. The number of aliphatic hydroxyl groups is 2. The summed E-state index contributed by atoms with van der Waals surface area (Å²) in [6, 6.07) is 0. The van der Waals surface area contributed by atoms with Crippen molar-refractivity contribution in [2.45, 2.75) is 97.6 Å². The van der Waals surface area contributed by atoms with Gasteiger partial charge in [-0.25, -0.2) is 0 Å². The van der Waals surface area contributed by atoms with Crippen LogP contribution in [-0.4, -0.2) is 65.1 Å². The maximum atomic E-state index is 8.55. The van der Waals surface area contributed by atoms with Crippen molar-refractivity contribution < 1.29 is 28.5 Å². The van der Waals surface area contributed by atoms with E-state index in [0.717, 1.165) is 13.2 Å². The van der Waals surface area contributed by atoms with Crippen molar-refractivity contribution in [1.82, 2.24) is 0 Å². The molecule has 2 N–H and O–H groups in total. The van der Waals surface area contributed by atoms with Crippen LogP contribution < -0.4 is 0 Å². The highest BCUT2D eigenvalue weighted by Gasteiger charge is 2.47. The molecule has 8 heteroatoms. The molecule has 2 unspecified atom stereocenters. The van der Waals surface area contributed by atoms with Crippen molar-refractivity contribution in [2.24, 2.45) is 0 Å². The van der Waals surface area contributed by atoms with Crippen LogP contribution in [0.4, 0.5) is 0 Å². The lowest BCUT2D eigenvalue weighted by atomic mass is 10.9. The summed E-state index contributed by atoms with van der Waals surface area (Å²) < 4.78 is 20.6. The minimum absolute atomic E-state index is 0. The zero-order valence-electron chi connectivity index (χ0n) is 11.5. The molecule has 26 heavy (non-hydrogen) atoms. The third kappa shape index (κ3) is 22.2. The monoisotopic (exact) mass is 424 g/mol. The fourth-order valence-electron chi connectivity index (χ4n) is 1.19. The predicted octanol–water partition coefficient (Wildman–Crippen LogP) is 5.28. The number of rotatable bonds is 6. The molecule has 0 aromatic carbocycles. The first-order chi connectivity index (χ1) is 8.30. The molecule has 0 saturated carbocycles. The Morgan fingerprint density at radius 1 is 0.808 bits per heavy atom. The average molecular weight is 425 g/mol. The Kier molecular flexibility index (Phi) is 41.5. The van der Waals surface area contributed by atoms with E-state index >= 15 is 0 Å². The first kappa shape index (κ1) is 50.2. The van der Waals surface area contributed by atoms with E-state index in [-0.39, 0.29) is 78.7 Å². The summed E-state index contributed by atoms with van der Waals surface area (Å²) in [4.78, 5) is 0. The van der Waals surface area contributed by atoms with Gasteiger partial charge in [0.15, 0.2) is 6.29 Å². The molecule has 0 radical (unpaired) electrons. The van der Waals surface area contributed by atoms with Crippen molar-refractivity contribution in [3.63, 3.8) is 0 Å². The van der Waals surface area contributed by atoms with Crippen LogP contribution in [-0.2, 0) is 18.3 Å². The Morgan fingerprint density at radius 2 is 1.19 bits per heavy atom. The van der Waals surface area contributed by atoms with Crippen molar-refractivity contribution in [3.8, 4) is 0 Å². The molecule has 0 aliphatic carbocycles. The smallest absolute Gasteiger partial charge is 0.221 e. The maximum Gasteiger partial charge on any atom is 0.221 e. The molecular weight excluding hydrogens is 368 g/mol. The van der Waals surface area contributed by atoms with Gasteiger partial charge in [-0.15, -0.1) is 0 Å². The summed E-state index contributed by atoms with van der Waals surface area (Å²) in [5.74, 6) is 0. The molecule has 0 amide bonds. The second kappa shape index (κ2) is 21.5. The van der Waals surface area contributed by atoms with Gasteiger partial charge in [0.1, 0.15) is 6.79 Å². The molecule has 2 saturated heterocycles. The fraction of sp³-hybridized carbons (Fsp3) is 1.00. The van der Waals surface area contributed by atoms with Gasteiger partial charge in [-0.3, -0.25) is 0 Å². The molecule has 2 fully saturated rings. The minimum atomic E-state index is -1.87. The number of hydrogen-bond acceptors (Lipinski definition) is 6. The molecule has 2 aliphatic heterocycles. The van der Waals surface area contributed by atoms with Crippen molar-refractivity contribution in [2.75, 3.05) is 26.2 Å². The SMILES string of the molecule is C.C.C.C.C.C.C.C.C[Si](C)(CO)OCO.C[Si](C)(OC1CO1)C1CO1. The molecule has 2 aliphatic rings. The van der Waals surface area contributed by atoms with E-state index < -0.39 is 16.6 Å². The first-order valence-corrected chi connectivity index (χ1v) is 12.2. The highest BCUT2D eigenvalue weighted by Crippen LogP contribution is 2.28. The molecule has 2 atom stereocenters. The fourth-order valence-corrected chi connectivity index (χ4v) is 3.50. The maximum absolute atomic E-state index is 8.55. The van der Waals surface area contributed by atoms with Gasteiger partial charge in [0.25, 0.3) is 0 Å². The molecule has 0 aromatic rings. The van der Waals surface area contributed by atoms with Crippen LogP contribution in [0.1, 0.15) is 59.4 Å². The van der Waals surface area contributed by atoms with Gasteiger partial charge in [-0.1, -0.05) is 59.4 Å². The molecule has 0 aromatic heterocycles. The van der Waals surface area contributed by atoms with Gasteiger partial charge in [0.2, 0.25) is 16.6 Å². The zero-order valence-corrected chi connectivity index (χ0v) is 13.5. The summed E-state index contributed by atoms with van der Waals surface area (Å²) in [6.45, 7) is 9.42. The molecular formula is C18H56O6Si2. The normalized spacial score (nSPS) is 18.2. The number of ether oxygens (including phenoxy) is 2. The topological polar surface area (TPSA) is 84.0 Å². The van der Waals surface area contributed by atoms with Gasteiger partial charge in [0.05, 0.1) is 25.2 Å². The first-order valence-electron chi connectivity index (χ1n) is 6.07. The number of epoxide rings is 2. The number of hydrogen-bond donors (Lipinski definition) is 2. The van der Waals surface area contributed by atoms with Gasteiger partial charge in [-0.2, -0.15) is 0 Å². The quantitative estimate of drug-likeness (QED) is 0.343. The zero-order chi connectivity index (χ0) is 13.8. The Hall–Kier alpha value is 0.194. The van der Waals surface area contributed by atoms with Gasteiger partial charge in [0, 0.05) is 0 Å². The van der Waals surface area contributed by atoms with Crippen LogP contribution in [0.15, 0.2) is 0 Å². The van der Waals surface area contributed by atoms with E-state index in [2.05, 4.69) is 13.1 Å². The van der Waals surface area contributed by atoms with Crippen LogP contribution in [0.2, 0.25) is 26.2 Å². The highest BCUT2D eigenvalue weighted by molar-refractivity contribution is 6.73. The van der Waals surface area contributed by atoms with Crippen molar-refractivity contribution >= 4 is 16.6 Å². The number of aliphatic hydroxyl groups excluding tert-OH is 2. The Labute approximate surface area is 169 Å². The lowest BCUT2D eigenvalue weighted by molar-refractivity contribution is 0.0850. The van der Waals surface area contributed by atoms with E-state index in [4.69, 9.17) is 28.5 Å². The summed E-state index contributed by atoms with van der Waals surface area (Å²) in [6.07, 6.45) is 0.166. The lowest BCUT2D eigenvalue weighted by Crippen LogP contribution is -2.38. The standard InChI is InChI=1S/C6H12O3Si.C4H12O3Si.8CH4/c1-10(2,6-4-8-6)9-5-3-7-5;1-8(2,4-6)7-3-5;;;;;;;;/h5-6H,3-4H2,1-2H3;5-6H,3-4H2,1-2H3;8*1H4. The molecule has 172 valence electrons. The van der Waals surface area contributed by atoms with Gasteiger partial charge in [-0.05, 0) is 26.2 Å². The van der Waals surface area contributed by atoms with Crippen molar-refractivity contribution in [3.05, 3.63) is 0 Å². The van der Waals surface area contributed by atoms with Gasteiger partial charge < -0.3 is 28.5 Å². The summed E-state index contributed by atoms with van der Waals surface area (Å²) in [7, 11) is -3.39. The van der Waals surface area contributed by atoms with Crippen LogP contribution >= 0.6 is 0 Å². The predicted molar refractivity (Wildman–Crippen MR) is 125 cm³/mol. The van der Waals surface area contributed by atoms with E-state index in [1.54, 1.807) is 0 Å². The van der Waals surface area contributed by atoms with Crippen LogP contribution in [0.3, 0.4) is 0 Å². The minimum Gasteiger partial charge on any atom is -0.397 e. The largest absolute Gasteiger partial charge is 0.397 e. The molecule has 2 rings (SSSR count). The highest BCUT2D eigenvalue weighted by atomic mass is 28.4. The molecule has 0 bridgehead atoms. The summed E-state index contributed by atoms with van der Waals surface area (Å²) >= 11 is 0. The summed E-state index contributed by atoms with van der Waals surface area (Å²) in [5, 5.41) is 16.8. The molecule has 6 nitrogen and oxygen atoms in total. The third-order valence-corrected chi connectivity index (χ3v) is 7.11. The van der Waals surface area contributed by atoms with Crippen LogP contribution in [0, 0.1) is 0 Å². The van der Waals surface area contributed by atoms with E-state index in [0.29, 0.717) is 5.73 Å². The van der Waals surface area contributed by atoms with Crippen LogP contribution in [0.5, 0.6) is 0 Å².